The van der Waals surface area contributed by atoms with Gasteiger partial charge in [0, 0.05) is 11.6 Å². The fraction of sp³-hybridized carbons (Fsp3) is 0.250. The second-order valence-electron chi connectivity index (χ2n) is 5.20. The van der Waals surface area contributed by atoms with Crippen LogP contribution in [0.1, 0.15) is 24.4 Å². The number of hydrogen-bond acceptors (Lipinski definition) is 2. The summed E-state index contributed by atoms with van der Waals surface area (Å²) >= 11 is 0. The van der Waals surface area contributed by atoms with E-state index in [1.54, 1.807) is 0 Å². The quantitative estimate of drug-likeness (QED) is 0.864. The molecule has 0 spiro atoms. The lowest BCUT2D eigenvalue weighted by molar-refractivity contribution is 0.536. The topological polar surface area (TPSA) is 52.0 Å². The highest BCUT2D eigenvalue weighted by molar-refractivity contribution is 5.63. The lowest BCUT2D eigenvalue weighted by atomic mass is 9.96. The number of benzene rings is 2. The highest BCUT2D eigenvalue weighted by atomic mass is 14.9. The minimum atomic E-state index is -0.158. The van der Waals surface area contributed by atoms with Crippen LogP contribution in [0.2, 0.25) is 0 Å². The summed E-state index contributed by atoms with van der Waals surface area (Å²) in [4.78, 5) is 0. The molecule has 0 aromatic heterocycles. The maximum atomic E-state index is 6.20. The van der Waals surface area contributed by atoms with Gasteiger partial charge in [0.15, 0.2) is 0 Å². The predicted molar refractivity (Wildman–Crippen MR) is 75.0 cm³/mol. The third-order valence-electron chi connectivity index (χ3n) is 3.82. The Morgan fingerprint density at radius 3 is 1.94 bits per heavy atom. The molecular weight excluding hydrogens is 220 g/mol. The van der Waals surface area contributed by atoms with Crippen molar-refractivity contribution in [3.05, 3.63) is 60.2 Å². The normalized spacial score (nSPS) is 18.3. The molecule has 1 fully saturated rings. The van der Waals surface area contributed by atoms with Crippen LogP contribution < -0.4 is 11.5 Å². The molecule has 4 N–H and O–H groups in total. The van der Waals surface area contributed by atoms with E-state index in [0.29, 0.717) is 0 Å². The average molecular weight is 238 g/mol. The van der Waals surface area contributed by atoms with Crippen LogP contribution in [0.15, 0.2) is 54.6 Å². The van der Waals surface area contributed by atoms with Gasteiger partial charge >= 0.3 is 0 Å². The minimum Gasteiger partial charge on any atom is -0.323 e. The molecule has 0 amide bonds. The van der Waals surface area contributed by atoms with Crippen LogP contribution in [0, 0.1) is 0 Å². The Hall–Kier alpha value is -1.64. The second kappa shape index (κ2) is 4.23. The molecule has 1 unspecified atom stereocenters. The predicted octanol–water partition coefficient (Wildman–Crippen LogP) is 2.84. The first kappa shape index (κ1) is 11.5. The van der Waals surface area contributed by atoms with Gasteiger partial charge in [-0.15, -0.1) is 0 Å². The van der Waals surface area contributed by atoms with Crippen LogP contribution in [-0.4, -0.2) is 5.54 Å². The molecule has 0 aliphatic heterocycles. The zero-order valence-electron chi connectivity index (χ0n) is 10.3. The van der Waals surface area contributed by atoms with Gasteiger partial charge in [-0.05, 0) is 29.5 Å². The second-order valence-corrected chi connectivity index (χ2v) is 5.20. The minimum absolute atomic E-state index is 0.0395. The summed E-state index contributed by atoms with van der Waals surface area (Å²) in [6.07, 6.45) is 2.07. The Kier molecular flexibility index (Phi) is 2.69. The van der Waals surface area contributed by atoms with Gasteiger partial charge in [-0.25, -0.2) is 0 Å². The monoisotopic (exact) mass is 238 g/mol. The Morgan fingerprint density at radius 2 is 1.39 bits per heavy atom. The SMILES string of the molecule is NC(c1ccc(-c2ccccc2)cc1)C1(N)CC1. The first-order valence-electron chi connectivity index (χ1n) is 6.39. The molecule has 92 valence electrons. The average Bonchev–Trinajstić information content (AvgIpc) is 3.18. The summed E-state index contributed by atoms with van der Waals surface area (Å²) in [5.74, 6) is 0. The van der Waals surface area contributed by atoms with Crippen molar-refractivity contribution in [3.63, 3.8) is 0 Å². The van der Waals surface area contributed by atoms with E-state index < -0.39 is 0 Å². The molecule has 0 bridgehead atoms. The zero-order valence-corrected chi connectivity index (χ0v) is 10.3. The molecule has 2 nitrogen and oxygen atoms in total. The van der Waals surface area contributed by atoms with Crippen LogP contribution in [0.25, 0.3) is 11.1 Å². The molecule has 0 radical (unpaired) electrons. The van der Waals surface area contributed by atoms with Gasteiger partial charge in [0.25, 0.3) is 0 Å². The van der Waals surface area contributed by atoms with Crippen molar-refractivity contribution >= 4 is 0 Å². The van der Waals surface area contributed by atoms with Gasteiger partial charge < -0.3 is 11.5 Å². The van der Waals surface area contributed by atoms with E-state index in [9.17, 15) is 0 Å². The summed E-state index contributed by atoms with van der Waals surface area (Å²) in [6.45, 7) is 0. The molecular formula is C16H18N2. The maximum absolute atomic E-state index is 6.20. The molecule has 1 aliphatic carbocycles. The smallest absolute Gasteiger partial charge is 0.0477 e. The van der Waals surface area contributed by atoms with Crippen LogP contribution >= 0.6 is 0 Å². The molecule has 0 saturated heterocycles. The van der Waals surface area contributed by atoms with Crippen molar-refractivity contribution in [2.24, 2.45) is 11.5 Å². The summed E-state index contributed by atoms with van der Waals surface area (Å²) in [5, 5.41) is 0. The molecule has 3 rings (SSSR count). The van der Waals surface area contributed by atoms with E-state index in [4.69, 9.17) is 11.5 Å². The lowest BCUT2D eigenvalue weighted by Crippen LogP contribution is -2.36. The molecule has 18 heavy (non-hydrogen) atoms. The lowest BCUT2D eigenvalue weighted by Gasteiger charge is -2.19. The Bertz CT molecular complexity index is 527. The van der Waals surface area contributed by atoms with E-state index >= 15 is 0 Å². The third-order valence-corrected chi connectivity index (χ3v) is 3.82. The van der Waals surface area contributed by atoms with E-state index in [-0.39, 0.29) is 11.6 Å². The van der Waals surface area contributed by atoms with Crippen molar-refractivity contribution in [1.29, 1.82) is 0 Å². The summed E-state index contributed by atoms with van der Waals surface area (Å²) in [5.41, 5.74) is 15.8. The molecule has 0 heterocycles. The van der Waals surface area contributed by atoms with Gasteiger partial charge in [-0.3, -0.25) is 0 Å². The van der Waals surface area contributed by atoms with E-state index in [1.165, 1.54) is 11.1 Å². The molecule has 1 atom stereocenters. The van der Waals surface area contributed by atoms with Crippen molar-refractivity contribution in [2.45, 2.75) is 24.4 Å². The molecule has 1 aliphatic rings. The zero-order chi connectivity index (χ0) is 12.6. The van der Waals surface area contributed by atoms with Crippen LogP contribution in [0.3, 0.4) is 0 Å². The Labute approximate surface area is 108 Å². The van der Waals surface area contributed by atoms with Crippen molar-refractivity contribution in [2.75, 3.05) is 0 Å². The first-order chi connectivity index (χ1) is 8.69. The van der Waals surface area contributed by atoms with Gasteiger partial charge in [0.1, 0.15) is 0 Å². The van der Waals surface area contributed by atoms with Gasteiger partial charge in [-0.1, -0.05) is 54.6 Å². The number of nitrogens with two attached hydrogens (primary N) is 2. The van der Waals surface area contributed by atoms with Crippen LogP contribution in [0.5, 0.6) is 0 Å². The van der Waals surface area contributed by atoms with E-state index in [1.807, 2.05) is 18.2 Å². The van der Waals surface area contributed by atoms with Crippen LogP contribution in [0.4, 0.5) is 0 Å². The Balaban J connectivity index is 1.85. The molecule has 2 aromatic rings. The largest absolute Gasteiger partial charge is 0.323 e. The molecule has 2 heteroatoms. The van der Waals surface area contributed by atoms with Gasteiger partial charge in [0.05, 0.1) is 0 Å². The fourth-order valence-corrected chi connectivity index (χ4v) is 2.30. The molecule has 1 saturated carbocycles. The van der Waals surface area contributed by atoms with Crippen molar-refractivity contribution in [3.8, 4) is 11.1 Å². The summed E-state index contributed by atoms with van der Waals surface area (Å²) in [7, 11) is 0. The molecule has 2 aromatic carbocycles. The fourth-order valence-electron chi connectivity index (χ4n) is 2.30. The van der Waals surface area contributed by atoms with E-state index in [2.05, 4.69) is 36.4 Å². The highest BCUT2D eigenvalue weighted by Crippen LogP contribution is 2.42. The van der Waals surface area contributed by atoms with Crippen molar-refractivity contribution < 1.29 is 0 Å². The summed E-state index contributed by atoms with van der Waals surface area (Å²) < 4.78 is 0. The highest BCUT2D eigenvalue weighted by Gasteiger charge is 2.44. The van der Waals surface area contributed by atoms with Crippen molar-refractivity contribution in [1.82, 2.24) is 0 Å². The number of hydrogen-bond donors (Lipinski definition) is 2. The Morgan fingerprint density at radius 1 is 0.833 bits per heavy atom. The summed E-state index contributed by atoms with van der Waals surface area (Å²) in [6, 6.07) is 18.7. The van der Waals surface area contributed by atoms with Gasteiger partial charge in [0.2, 0.25) is 0 Å². The standard InChI is InChI=1S/C16H18N2/c17-15(16(18)10-11-16)14-8-6-13(7-9-14)12-4-2-1-3-5-12/h1-9,15H,10-11,17-18H2. The van der Waals surface area contributed by atoms with E-state index in [0.717, 1.165) is 18.4 Å². The number of rotatable bonds is 3. The maximum Gasteiger partial charge on any atom is 0.0477 e. The first-order valence-corrected chi connectivity index (χ1v) is 6.39. The third kappa shape index (κ3) is 2.05. The van der Waals surface area contributed by atoms with Gasteiger partial charge in [-0.2, -0.15) is 0 Å². The van der Waals surface area contributed by atoms with Crippen LogP contribution in [-0.2, 0) is 0 Å².